The largest absolute Gasteiger partial charge is 0.298 e. The summed E-state index contributed by atoms with van der Waals surface area (Å²) in [5.74, 6) is 0.294. The van der Waals surface area contributed by atoms with Crippen molar-refractivity contribution in [2.24, 2.45) is 0 Å². The van der Waals surface area contributed by atoms with Gasteiger partial charge in [0, 0.05) is 0 Å². The first-order valence-corrected chi connectivity index (χ1v) is 19.1. The Bertz CT molecular complexity index is 1390. The summed E-state index contributed by atoms with van der Waals surface area (Å²) in [6.45, 7) is 13.4. The third-order valence-corrected chi connectivity index (χ3v) is 10.6. The van der Waals surface area contributed by atoms with Crippen molar-refractivity contribution in [2.45, 2.75) is 142 Å². The Kier molecular flexibility index (Phi) is 14.3. The van der Waals surface area contributed by atoms with Crippen LogP contribution >= 0.6 is 0 Å². The minimum Gasteiger partial charge on any atom is -0.298 e. The molecule has 0 aliphatic heterocycles. The van der Waals surface area contributed by atoms with Gasteiger partial charge in [-0.05, 0) is 123 Å². The lowest BCUT2D eigenvalue weighted by Gasteiger charge is -2.39. The van der Waals surface area contributed by atoms with E-state index in [1.54, 1.807) is 0 Å². The summed E-state index contributed by atoms with van der Waals surface area (Å²) in [6, 6.07) is 36.2. The molecule has 0 N–H and O–H groups in total. The van der Waals surface area contributed by atoms with Gasteiger partial charge >= 0.3 is 0 Å². The fourth-order valence-corrected chi connectivity index (χ4v) is 7.30. The molecule has 0 spiro atoms. The molecule has 0 fully saturated rings. The molecule has 4 aromatic carbocycles. The van der Waals surface area contributed by atoms with Gasteiger partial charge in [-0.1, -0.05) is 150 Å². The van der Waals surface area contributed by atoms with E-state index in [1.807, 2.05) is 0 Å². The number of hydrogen-bond donors (Lipinski definition) is 0. The van der Waals surface area contributed by atoms with E-state index in [-0.39, 0.29) is 0 Å². The van der Waals surface area contributed by atoms with Crippen molar-refractivity contribution >= 4 is 5.78 Å². The fourth-order valence-electron chi connectivity index (χ4n) is 7.30. The number of unbranched alkanes of at least 4 members (excludes halogenated alkanes) is 4. The van der Waals surface area contributed by atoms with Gasteiger partial charge in [-0.2, -0.15) is 0 Å². The highest BCUT2D eigenvalue weighted by molar-refractivity contribution is 5.99. The number of Topliss-reactive ketones (excluding diaryl/α,β-unsaturated/α-hetero) is 1. The Morgan fingerprint density at radius 3 is 0.875 bits per heavy atom. The standard InChI is InChI=1S/C47H62O/c1-7-11-15-37-19-23-41(24-20-37)35-46(5,43-31-27-39(28-32-43)17-13-9-3)45(48)47(6,44-33-29-40(30-34-44)18-14-10-4)36-42-25-21-38(22-26-42)16-12-8-2/h19-34H,7-18,35-36H2,1-6H3. The number of benzene rings is 4. The van der Waals surface area contributed by atoms with Gasteiger partial charge < -0.3 is 0 Å². The Balaban J connectivity index is 1.78. The minimum absolute atomic E-state index is 0.294. The van der Waals surface area contributed by atoms with E-state index in [4.69, 9.17) is 0 Å². The molecule has 0 heterocycles. The van der Waals surface area contributed by atoms with Crippen molar-refractivity contribution in [3.05, 3.63) is 142 Å². The summed E-state index contributed by atoms with van der Waals surface area (Å²) in [5.41, 5.74) is 8.72. The molecular formula is C47H62O. The predicted octanol–water partition coefficient (Wildman–Crippen LogP) is 12.3. The van der Waals surface area contributed by atoms with E-state index < -0.39 is 10.8 Å². The van der Waals surface area contributed by atoms with Crippen molar-refractivity contribution in [3.63, 3.8) is 0 Å². The lowest BCUT2D eigenvalue weighted by Crippen LogP contribution is -2.48. The first kappa shape index (κ1) is 37.4. The fraction of sp³-hybridized carbons (Fsp3) is 0.468. The maximum Gasteiger partial charge on any atom is 0.153 e. The molecular weight excluding hydrogens is 581 g/mol. The normalized spacial score (nSPS) is 14.0. The lowest BCUT2D eigenvalue weighted by molar-refractivity contribution is -0.129. The molecule has 4 aromatic rings. The number of hydrogen-bond acceptors (Lipinski definition) is 1. The molecule has 4 rings (SSSR count). The van der Waals surface area contributed by atoms with Crippen LogP contribution in [0.25, 0.3) is 0 Å². The number of carbonyl (C=O) groups is 1. The van der Waals surface area contributed by atoms with Crippen molar-refractivity contribution in [2.75, 3.05) is 0 Å². The number of ketones is 1. The quantitative estimate of drug-likeness (QED) is 0.0937. The molecule has 1 heteroatoms. The van der Waals surface area contributed by atoms with E-state index in [0.717, 1.165) is 36.8 Å². The van der Waals surface area contributed by atoms with Gasteiger partial charge in [0.2, 0.25) is 0 Å². The molecule has 0 radical (unpaired) electrons. The molecule has 1 nitrogen and oxygen atoms in total. The zero-order chi connectivity index (χ0) is 34.4. The van der Waals surface area contributed by atoms with Crippen LogP contribution in [0.4, 0.5) is 0 Å². The predicted molar refractivity (Wildman–Crippen MR) is 207 cm³/mol. The molecule has 0 saturated heterocycles. The average Bonchev–Trinajstić information content (AvgIpc) is 3.12. The number of aryl methyl sites for hydroxylation is 4. The smallest absolute Gasteiger partial charge is 0.153 e. The molecule has 0 amide bonds. The maximum absolute atomic E-state index is 15.6. The van der Waals surface area contributed by atoms with Gasteiger partial charge in [0.25, 0.3) is 0 Å². The van der Waals surface area contributed by atoms with E-state index in [1.165, 1.54) is 84.7 Å². The zero-order valence-electron chi connectivity index (χ0n) is 31.0. The zero-order valence-corrected chi connectivity index (χ0v) is 31.0. The van der Waals surface area contributed by atoms with Crippen molar-refractivity contribution in [1.82, 2.24) is 0 Å². The Labute approximate surface area is 293 Å². The van der Waals surface area contributed by atoms with Crippen LogP contribution in [0, 0.1) is 0 Å². The Morgan fingerprint density at radius 2 is 0.625 bits per heavy atom. The number of carbonyl (C=O) groups excluding carboxylic acids is 1. The maximum atomic E-state index is 15.6. The van der Waals surface area contributed by atoms with Crippen molar-refractivity contribution in [3.8, 4) is 0 Å². The SMILES string of the molecule is CCCCc1ccc(CC(C)(C(=O)C(C)(Cc2ccc(CCCC)cc2)c2ccc(CCCC)cc2)c2ccc(CCCC)cc2)cc1. The molecule has 2 atom stereocenters. The van der Waals surface area contributed by atoms with Gasteiger partial charge in [-0.25, -0.2) is 0 Å². The van der Waals surface area contributed by atoms with Gasteiger partial charge in [0.15, 0.2) is 5.78 Å². The molecule has 0 aliphatic rings. The third-order valence-electron chi connectivity index (χ3n) is 10.6. The second-order valence-electron chi connectivity index (χ2n) is 14.8. The molecule has 256 valence electrons. The molecule has 48 heavy (non-hydrogen) atoms. The Hall–Kier alpha value is -3.45. The highest BCUT2D eigenvalue weighted by Gasteiger charge is 2.47. The summed E-state index contributed by atoms with van der Waals surface area (Å²) in [7, 11) is 0. The third kappa shape index (κ3) is 9.81. The molecule has 0 saturated carbocycles. The van der Waals surface area contributed by atoms with E-state index in [2.05, 4.69) is 139 Å². The molecule has 2 unspecified atom stereocenters. The number of rotatable bonds is 20. The highest BCUT2D eigenvalue weighted by atomic mass is 16.1. The van der Waals surface area contributed by atoms with Gasteiger partial charge in [0.1, 0.15) is 0 Å². The molecule has 0 aliphatic carbocycles. The molecule has 0 aromatic heterocycles. The van der Waals surface area contributed by atoms with Crippen LogP contribution < -0.4 is 0 Å². The van der Waals surface area contributed by atoms with Crippen molar-refractivity contribution in [1.29, 1.82) is 0 Å². The van der Waals surface area contributed by atoms with Crippen LogP contribution in [-0.2, 0) is 54.1 Å². The van der Waals surface area contributed by atoms with Crippen LogP contribution in [0.5, 0.6) is 0 Å². The average molecular weight is 643 g/mol. The first-order valence-electron chi connectivity index (χ1n) is 19.1. The van der Waals surface area contributed by atoms with Gasteiger partial charge in [-0.3, -0.25) is 4.79 Å². The lowest BCUT2D eigenvalue weighted by atomic mass is 9.61. The topological polar surface area (TPSA) is 17.1 Å². The van der Waals surface area contributed by atoms with E-state index in [9.17, 15) is 0 Å². The summed E-state index contributed by atoms with van der Waals surface area (Å²) in [4.78, 5) is 15.6. The summed E-state index contributed by atoms with van der Waals surface area (Å²) >= 11 is 0. The van der Waals surface area contributed by atoms with E-state index >= 15 is 4.79 Å². The van der Waals surface area contributed by atoms with Crippen LogP contribution in [0.3, 0.4) is 0 Å². The minimum atomic E-state index is -0.703. The molecule has 0 bridgehead atoms. The van der Waals surface area contributed by atoms with Crippen LogP contribution in [-0.4, -0.2) is 5.78 Å². The first-order chi connectivity index (χ1) is 23.2. The highest BCUT2D eigenvalue weighted by Crippen LogP contribution is 2.41. The summed E-state index contributed by atoms with van der Waals surface area (Å²) < 4.78 is 0. The second-order valence-corrected chi connectivity index (χ2v) is 14.8. The van der Waals surface area contributed by atoms with Gasteiger partial charge in [-0.15, -0.1) is 0 Å². The Morgan fingerprint density at radius 1 is 0.396 bits per heavy atom. The van der Waals surface area contributed by atoms with Crippen LogP contribution in [0.15, 0.2) is 97.1 Å². The monoisotopic (exact) mass is 642 g/mol. The second kappa shape index (κ2) is 18.4. The van der Waals surface area contributed by atoms with Crippen LogP contribution in [0.2, 0.25) is 0 Å². The van der Waals surface area contributed by atoms with Crippen molar-refractivity contribution < 1.29 is 4.79 Å². The summed E-state index contributed by atoms with van der Waals surface area (Å²) in [6.07, 6.45) is 15.3. The van der Waals surface area contributed by atoms with Gasteiger partial charge in [0.05, 0.1) is 10.8 Å². The van der Waals surface area contributed by atoms with Crippen LogP contribution in [0.1, 0.15) is 137 Å². The summed E-state index contributed by atoms with van der Waals surface area (Å²) in [5, 5.41) is 0. The van der Waals surface area contributed by atoms with E-state index in [0.29, 0.717) is 18.6 Å².